The van der Waals surface area contributed by atoms with Crippen molar-refractivity contribution in [3.05, 3.63) is 70.5 Å². The van der Waals surface area contributed by atoms with Crippen molar-refractivity contribution in [3.8, 4) is 0 Å². The maximum absolute atomic E-state index is 13.0. The molecule has 26 heavy (non-hydrogen) atoms. The highest BCUT2D eigenvalue weighted by atomic mass is 35.5. The van der Waals surface area contributed by atoms with E-state index in [1.807, 2.05) is 0 Å². The van der Waals surface area contributed by atoms with Gasteiger partial charge in [0.1, 0.15) is 5.82 Å². The molecule has 2 aromatic rings. The summed E-state index contributed by atoms with van der Waals surface area (Å²) in [5.74, 6) is -0.689. The van der Waals surface area contributed by atoms with Gasteiger partial charge in [0.25, 0.3) is 0 Å². The molecule has 8 heteroatoms. The molecule has 0 saturated heterocycles. The first kappa shape index (κ1) is 20.4. The zero-order chi connectivity index (χ0) is 19.3. The molecule has 2 atom stereocenters. The van der Waals surface area contributed by atoms with Crippen LogP contribution < -0.4 is 10.0 Å². The SMILES string of the molecule is C[C@@H](NC(=O)C[C@H](NS(C)(=O)=O)c1ccc(Cl)cc1)c1ccc(F)cc1. The lowest BCUT2D eigenvalue weighted by atomic mass is 10.0. The average molecular weight is 399 g/mol. The lowest BCUT2D eigenvalue weighted by molar-refractivity contribution is -0.122. The normalized spacial score (nSPS) is 13.8. The van der Waals surface area contributed by atoms with Crippen molar-refractivity contribution in [3.63, 3.8) is 0 Å². The van der Waals surface area contributed by atoms with E-state index >= 15 is 0 Å². The largest absolute Gasteiger partial charge is 0.350 e. The molecule has 0 aromatic heterocycles. The Morgan fingerprint density at radius 1 is 1.08 bits per heavy atom. The summed E-state index contributed by atoms with van der Waals surface area (Å²) < 4.78 is 38.7. The molecule has 0 radical (unpaired) electrons. The Morgan fingerprint density at radius 2 is 1.62 bits per heavy atom. The van der Waals surface area contributed by atoms with E-state index in [0.29, 0.717) is 10.6 Å². The molecule has 0 bridgehead atoms. The fourth-order valence-corrected chi connectivity index (χ4v) is 3.36. The van der Waals surface area contributed by atoms with Gasteiger partial charge >= 0.3 is 0 Å². The minimum Gasteiger partial charge on any atom is -0.350 e. The molecule has 1 amide bonds. The van der Waals surface area contributed by atoms with Gasteiger partial charge in [-0.05, 0) is 42.3 Å². The quantitative estimate of drug-likeness (QED) is 0.751. The Balaban J connectivity index is 2.10. The summed E-state index contributed by atoms with van der Waals surface area (Å²) in [4.78, 5) is 12.4. The summed E-state index contributed by atoms with van der Waals surface area (Å²) in [5.41, 5.74) is 1.38. The Hall–Kier alpha value is -1.96. The maximum atomic E-state index is 13.0. The van der Waals surface area contributed by atoms with Gasteiger partial charge < -0.3 is 5.32 Å². The second-order valence-corrected chi connectivity index (χ2v) is 8.26. The van der Waals surface area contributed by atoms with Crippen LogP contribution in [0.25, 0.3) is 0 Å². The minimum atomic E-state index is -3.52. The molecule has 2 N–H and O–H groups in total. The highest BCUT2D eigenvalue weighted by Gasteiger charge is 2.21. The van der Waals surface area contributed by atoms with Crippen LogP contribution in [-0.4, -0.2) is 20.6 Å². The number of carbonyl (C=O) groups is 1. The van der Waals surface area contributed by atoms with Crippen molar-refractivity contribution < 1.29 is 17.6 Å². The zero-order valence-electron chi connectivity index (χ0n) is 14.4. The van der Waals surface area contributed by atoms with Crippen LogP contribution in [0.3, 0.4) is 0 Å². The van der Waals surface area contributed by atoms with E-state index in [9.17, 15) is 17.6 Å². The van der Waals surface area contributed by atoms with Crippen LogP contribution in [0.1, 0.15) is 36.6 Å². The van der Waals surface area contributed by atoms with Crippen LogP contribution in [0.2, 0.25) is 5.02 Å². The number of nitrogens with one attached hydrogen (secondary N) is 2. The molecule has 5 nitrogen and oxygen atoms in total. The number of hydrogen-bond acceptors (Lipinski definition) is 3. The van der Waals surface area contributed by atoms with E-state index in [2.05, 4.69) is 10.0 Å². The van der Waals surface area contributed by atoms with Crippen LogP contribution in [-0.2, 0) is 14.8 Å². The molecule has 0 spiro atoms. The first-order valence-electron chi connectivity index (χ1n) is 7.91. The molecule has 0 aliphatic rings. The summed E-state index contributed by atoms with van der Waals surface area (Å²) in [5, 5.41) is 3.31. The molecule has 0 saturated carbocycles. The second-order valence-electron chi connectivity index (χ2n) is 6.04. The van der Waals surface area contributed by atoms with Crippen molar-refractivity contribution >= 4 is 27.5 Å². The van der Waals surface area contributed by atoms with Crippen molar-refractivity contribution in [1.29, 1.82) is 0 Å². The minimum absolute atomic E-state index is 0.0831. The number of halogens is 2. The third-order valence-corrected chi connectivity index (χ3v) is 4.73. The average Bonchev–Trinajstić information content (AvgIpc) is 2.54. The van der Waals surface area contributed by atoms with E-state index in [1.165, 1.54) is 12.1 Å². The zero-order valence-corrected chi connectivity index (χ0v) is 15.9. The third kappa shape index (κ3) is 6.40. The van der Waals surface area contributed by atoms with Crippen LogP contribution in [0.5, 0.6) is 0 Å². The van der Waals surface area contributed by atoms with Gasteiger partial charge in [0, 0.05) is 11.4 Å². The highest BCUT2D eigenvalue weighted by Crippen LogP contribution is 2.21. The maximum Gasteiger partial charge on any atom is 0.222 e. The molecular weight excluding hydrogens is 379 g/mol. The van der Waals surface area contributed by atoms with Crippen molar-refractivity contribution in [2.75, 3.05) is 6.26 Å². The Morgan fingerprint density at radius 3 is 2.15 bits per heavy atom. The molecule has 140 valence electrons. The number of hydrogen-bond donors (Lipinski definition) is 2. The molecule has 0 aliphatic carbocycles. The van der Waals surface area contributed by atoms with Gasteiger partial charge in [-0.15, -0.1) is 0 Å². The van der Waals surface area contributed by atoms with Gasteiger partial charge in [-0.2, -0.15) is 0 Å². The molecule has 0 aliphatic heterocycles. The fourth-order valence-electron chi connectivity index (χ4n) is 2.50. The van der Waals surface area contributed by atoms with Crippen molar-refractivity contribution in [2.45, 2.75) is 25.4 Å². The lowest BCUT2D eigenvalue weighted by Crippen LogP contribution is -2.34. The Bertz CT molecular complexity index is 855. The van der Waals surface area contributed by atoms with Gasteiger partial charge in [0.05, 0.1) is 18.3 Å². The summed E-state index contributed by atoms with van der Waals surface area (Å²) in [7, 11) is -3.52. The molecule has 0 heterocycles. The molecule has 0 unspecified atom stereocenters. The molecule has 2 aromatic carbocycles. The summed E-state index contributed by atoms with van der Waals surface area (Å²) in [6.07, 6.45) is 0.954. The first-order valence-corrected chi connectivity index (χ1v) is 10.2. The molecule has 0 fully saturated rings. The number of amides is 1. The van der Waals surface area contributed by atoms with Crippen LogP contribution in [0, 0.1) is 5.82 Å². The summed E-state index contributed by atoms with van der Waals surface area (Å²) >= 11 is 5.86. The number of benzene rings is 2. The van der Waals surface area contributed by atoms with Crippen molar-refractivity contribution in [2.24, 2.45) is 0 Å². The second kappa shape index (κ2) is 8.62. The predicted molar refractivity (Wildman–Crippen MR) is 99.7 cm³/mol. The Kier molecular flexibility index (Phi) is 6.75. The fraction of sp³-hybridized carbons (Fsp3) is 0.278. The standard InChI is InChI=1S/C18H20ClFN2O3S/c1-12(13-5-9-16(20)10-6-13)21-18(23)11-17(22-26(2,24)25)14-3-7-15(19)8-4-14/h3-10,12,17,22H,11H2,1-2H3,(H,21,23)/t12-,17+/m1/s1. The third-order valence-electron chi connectivity index (χ3n) is 3.77. The summed E-state index contributed by atoms with van der Waals surface area (Å²) in [6.45, 7) is 1.77. The topological polar surface area (TPSA) is 75.3 Å². The number of sulfonamides is 1. The van der Waals surface area contributed by atoms with Crippen molar-refractivity contribution in [1.82, 2.24) is 10.0 Å². The smallest absolute Gasteiger partial charge is 0.222 e. The van der Waals surface area contributed by atoms with E-state index < -0.39 is 16.1 Å². The van der Waals surface area contributed by atoms with Gasteiger partial charge in [-0.25, -0.2) is 17.5 Å². The summed E-state index contributed by atoms with van der Waals surface area (Å²) in [6, 6.07) is 11.4. The lowest BCUT2D eigenvalue weighted by Gasteiger charge is -2.20. The Labute approximate surface area is 157 Å². The van der Waals surface area contributed by atoms with Crippen LogP contribution in [0.15, 0.2) is 48.5 Å². The van der Waals surface area contributed by atoms with E-state index in [1.54, 1.807) is 43.3 Å². The first-order chi connectivity index (χ1) is 12.1. The number of carbonyl (C=O) groups excluding carboxylic acids is 1. The number of rotatable bonds is 7. The van der Waals surface area contributed by atoms with Gasteiger partial charge in [0.2, 0.25) is 15.9 Å². The van der Waals surface area contributed by atoms with Gasteiger partial charge in [0.15, 0.2) is 0 Å². The van der Waals surface area contributed by atoms with Gasteiger partial charge in [-0.3, -0.25) is 4.79 Å². The van der Waals surface area contributed by atoms with E-state index in [4.69, 9.17) is 11.6 Å². The highest BCUT2D eigenvalue weighted by molar-refractivity contribution is 7.88. The molecule has 2 rings (SSSR count). The van der Waals surface area contributed by atoms with Crippen LogP contribution >= 0.6 is 11.6 Å². The van der Waals surface area contributed by atoms with E-state index in [0.717, 1.165) is 11.8 Å². The van der Waals surface area contributed by atoms with Crippen LogP contribution in [0.4, 0.5) is 4.39 Å². The monoisotopic (exact) mass is 398 g/mol. The van der Waals surface area contributed by atoms with Gasteiger partial charge in [-0.1, -0.05) is 35.9 Å². The van der Waals surface area contributed by atoms with E-state index in [-0.39, 0.29) is 24.2 Å². The molecular formula is C18H20ClFN2O3S. The predicted octanol–water partition coefficient (Wildman–Crippen LogP) is 3.34.